The lowest BCUT2D eigenvalue weighted by Crippen LogP contribution is -2.41. The molecule has 1 heterocycles. The number of benzene rings is 1. The summed E-state index contributed by atoms with van der Waals surface area (Å²) in [5, 5.41) is 0. The van der Waals surface area contributed by atoms with Crippen molar-refractivity contribution in [2.75, 3.05) is 7.11 Å². The van der Waals surface area contributed by atoms with Crippen LogP contribution in [-0.2, 0) is 14.3 Å². The molecule has 1 saturated heterocycles. The molecule has 1 aliphatic heterocycles. The van der Waals surface area contributed by atoms with Crippen molar-refractivity contribution in [1.29, 1.82) is 0 Å². The molecule has 1 aliphatic rings. The van der Waals surface area contributed by atoms with Gasteiger partial charge >= 0.3 is 0 Å². The van der Waals surface area contributed by atoms with Crippen LogP contribution in [0.5, 0.6) is 5.75 Å². The second kappa shape index (κ2) is 5.99. The Kier molecular flexibility index (Phi) is 4.35. The van der Waals surface area contributed by atoms with E-state index in [0.717, 1.165) is 17.6 Å². The van der Waals surface area contributed by atoms with E-state index in [0.29, 0.717) is 0 Å². The molecule has 1 aromatic rings. The van der Waals surface area contributed by atoms with E-state index in [-0.39, 0.29) is 12.0 Å². The van der Waals surface area contributed by atoms with Gasteiger partial charge in [-0.25, -0.2) is 0 Å². The molecule has 2 rings (SSSR count). The second-order valence-electron chi connectivity index (χ2n) is 4.54. The van der Waals surface area contributed by atoms with Crippen molar-refractivity contribution in [2.45, 2.75) is 25.4 Å². The summed E-state index contributed by atoms with van der Waals surface area (Å²) in [6, 6.07) is 7.39. The van der Waals surface area contributed by atoms with Gasteiger partial charge in [-0.3, -0.25) is 0 Å². The van der Waals surface area contributed by atoms with Crippen molar-refractivity contribution in [3.05, 3.63) is 42.5 Å². The lowest BCUT2D eigenvalue weighted by molar-refractivity contribution is -0.250. The number of rotatable bonds is 4. The summed E-state index contributed by atoms with van der Waals surface area (Å²) in [6.07, 6.45) is 1.29. The molecule has 0 radical (unpaired) electrons. The fraction of sp³-hybridized carbons (Fsp3) is 0.400. The van der Waals surface area contributed by atoms with Gasteiger partial charge in [0.05, 0.1) is 13.2 Å². The summed E-state index contributed by atoms with van der Waals surface area (Å²) in [6.45, 7) is 5.65. The predicted molar refractivity (Wildman–Crippen MR) is 70.9 cm³/mol. The smallest absolute Gasteiger partial charge is 0.185 e. The fourth-order valence-corrected chi connectivity index (χ4v) is 2.10. The number of carbonyl (C=O) groups excluding carboxylic acids is 1. The van der Waals surface area contributed by atoms with E-state index < -0.39 is 12.4 Å². The first-order valence-corrected chi connectivity index (χ1v) is 6.22. The number of hydrogen-bond acceptors (Lipinski definition) is 4. The van der Waals surface area contributed by atoms with Crippen LogP contribution in [0.25, 0.3) is 0 Å². The van der Waals surface area contributed by atoms with Crippen LogP contribution in [0.3, 0.4) is 0 Å². The topological polar surface area (TPSA) is 44.8 Å². The molecule has 1 fully saturated rings. The maximum Gasteiger partial charge on any atom is 0.185 e. The van der Waals surface area contributed by atoms with E-state index in [1.165, 1.54) is 0 Å². The summed E-state index contributed by atoms with van der Waals surface area (Å²) in [5.41, 5.74) is 0.853. The van der Waals surface area contributed by atoms with Gasteiger partial charge in [0.15, 0.2) is 6.29 Å². The Hall–Kier alpha value is -1.65. The van der Waals surface area contributed by atoms with E-state index in [4.69, 9.17) is 14.2 Å². The van der Waals surface area contributed by atoms with Gasteiger partial charge in [-0.2, -0.15) is 0 Å². The Bertz CT molecular complexity index is 422. The lowest BCUT2D eigenvalue weighted by Gasteiger charge is -2.37. The SMILES string of the molecule is C=C[C@H]1O[C@H](c2ccc(OC)cc2)O[C@@H](C=O)[C@@H]1C. The summed E-state index contributed by atoms with van der Waals surface area (Å²) >= 11 is 0. The largest absolute Gasteiger partial charge is 0.497 e. The molecule has 4 nitrogen and oxygen atoms in total. The maximum absolute atomic E-state index is 11.1. The first kappa shape index (κ1) is 13.8. The Morgan fingerprint density at radius 3 is 2.37 bits per heavy atom. The third-order valence-electron chi connectivity index (χ3n) is 3.35. The zero-order valence-electron chi connectivity index (χ0n) is 11.1. The van der Waals surface area contributed by atoms with Crippen molar-refractivity contribution in [2.24, 2.45) is 5.92 Å². The van der Waals surface area contributed by atoms with Crippen LogP contribution in [-0.4, -0.2) is 25.6 Å². The highest BCUT2D eigenvalue weighted by Gasteiger charge is 2.35. The molecule has 0 spiro atoms. The van der Waals surface area contributed by atoms with E-state index in [1.54, 1.807) is 13.2 Å². The molecule has 0 bridgehead atoms. The van der Waals surface area contributed by atoms with Crippen LogP contribution >= 0.6 is 0 Å². The minimum Gasteiger partial charge on any atom is -0.497 e. The van der Waals surface area contributed by atoms with E-state index in [9.17, 15) is 4.79 Å². The van der Waals surface area contributed by atoms with Gasteiger partial charge in [0.25, 0.3) is 0 Å². The van der Waals surface area contributed by atoms with Crippen LogP contribution in [0.1, 0.15) is 18.8 Å². The Balaban J connectivity index is 2.18. The average molecular weight is 262 g/mol. The van der Waals surface area contributed by atoms with Crippen molar-refractivity contribution in [1.82, 2.24) is 0 Å². The first-order chi connectivity index (χ1) is 9.19. The lowest BCUT2D eigenvalue weighted by atomic mass is 9.97. The van der Waals surface area contributed by atoms with E-state index >= 15 is 0 Å². The molecule has 102 valence electrons. The van der Waals surface area contributed by atoms with Crippen molar-refractivity contribution >= 4 is 6.29 Å². The number of hydrogen-bond donors (Lipinski definition) is 0. The Morgan fingerprint density at radius 2 is 1.84 bits per heavy atom. The summed E-state index contributed by atoms with van der Waals surface area (Å²) in [7, 11) is 1.61. The van der Waals surface area contributed by atoms with Gasteiger partial charge in [0, 0.05) is 11.5 Å². The van der Waals surface area contributed by atoms with Crippen LogP contribution in [0.15, 0.2) is 36.9 Å². The average Bonchev–Trinajstić information content (AvgIpc) is 2.47. The van der Waals surface area contributed by atoms with Crippen molar-refractivity contribution < 1.29 is 19.0 Å². The highest BCUT2D eigenvalue weighted by atomic mass is 16.7. The maximum atomic E-state index is 11.1. The minimum atomic E-state index is -0.555. The summed E-state index contributed by atoms with van der Waals surface area (Å²) < 4.78 is 16.6. The molecule has 4 atom stereocenters. The predicted octanol–water partition coefficient (Wildman–Crippen LogP) is 2.50. The molecule has 0 aliphatic carbocycles. The van der Waals surface area contributed by atoms with Crippen LogP contribution in [0.2, 0.25) is 0 Å². The fourth-order valence-electron chi connectivity index (χ4n) is 2.10. The first-order valence-electron chi connectivity index (χ1n) is 6.22. The minimum absolute atomic E-state index is 0.0375. The van der Waals surface area contributed by atoms with Crippen molar-refractivity contribution in [3.8, 4) is 5.75 Å². The van der Waals surface area contributed by atoms with Gasteiger partial charge < -0.3 is 19.0 Å². The zero-order valence-corrected chi connectivity index (χ0v) is 11.1. The van der Waals surface area contributed by atoms with Crippen molar-refractivity contribution in [3.63, 3.8) is 0 Å². The van der Waals surface area contributed by atoms with Crippen LogP contribution < -0.4 is 4.74 Å². The molecule has 4 heteroatoms. The number of aldehydes is 1. The van der Waals surface area contributed by atoms with Crippen LogP contribution in [0, 0.1) is 5.92 Å². The number of methoxy groups -OCH3 is 1. The van der Waals surface area contributed by atoms with Gasteiger partial charge in [-0.05, 0) is 12.1 Å². The summed E-state index contributed by atoms with van der Waals surface area (Å²) in [5.74, 6) is 0.727. The normalized spacial score (nSPS) is 30.6. The molecule has 0 unspecified atom stereocenters. The third-order valence-corrected chi connectivity index (χ3v) is 3.35. The molecule has 0 saturated carbocycles. The molecule has 0 aromatic heterocycles. The molecule has 19 heavy (non-hydrogen) atoms. The molecular weight excluding hydrogens is 244 g/mol. The highest BCUT2D eigenvalue weighted by molar-refractivity contribution is 5.57. The van der Waals surface area contributed by atoms with E-state index in [1.807, 2.05) is 31.2 Å². The van der Waals surface area contributed by atoms with E-state index in [2.05, 4.69) is 6.58 Å². The number of ether oxygens (including phenoxy) is 3. The van der Waals surface area contributed by atoms with Crippen LogP contribution in [0.4, 0.5) is 0 Å². The standard InChI is InChI=1S/C15H18O4/c1-4-13-10(2)14(9-16)19-15(18-13)11-5-7-12(17-3)8-6-11/h4-10,13-15H,1H2,2-3H3/t10-,13-,14+,15+/m1/s1. The number of carbonyl (C=O) groups is 1. The third kappa shape index (κ3) is 2.85. The van der Waals surface area contributed by atoms with Gasteiger partial charge in [-0.15, -0.1) is 6.58 Å². The quantitative estimate of drug-likeness (QED) is 0.617. The molecule has 0 amide bonds. The van der Waals surface area contributed by atoms with Gasteiger partial charge in [-0.1, -0.05) is 25.1 Å². The Morgan fingerprint density at radius 1 is 1.21 bits per heavy atom. The monoisotopic (exact) mass is 262 g/mol. The van der Waals surface area contributed by atoms with Gasteiger partial charge in [0.1, 0.15) is 18.1 Å². The Labute approximate surface area is 113 Å². The van der Waals surface area contributed by atoms with Gasteiger partial charge in [0.2, 0.25) is 0 Å². The molecule has 0 N–H and O–H groups in total. The zero-order chi connectivity index (χ0) is 13.8. The molecule has 1 aromatic carbocycles. The summed E-state index contributed by atoms with van der Waals surface area (Å²) in [4.78, 5) is 11.1. The molecular formula is C15H18O4. The highest BCUT2D eigenvalue weighted by Crippen LogP contribution is 2.33. The second-order valence-corrected chi connectivity index (χ2v) is 4.54.